The van der Waals surface area contributed by atoms with Crippen molar-refractivity contribution in [1.82, 2.24) is 20.3 Å². The molecule has 5 aromatic rings. The standard InChI is InChI=1S/C31H31F3N6O7S3/c32-31(33,34)19-4-9-26(36-16-19)49(43,44)27-10-11-28(48-27)50(45,46)39-21-5-7-22(8-6-21)40-14-12-20(13-15-40)35-17-23(41)18-47-25-3-1-2-24-29(25)38-30(42)37-24/h1-11,16,20,23,35,39,41H,12-15,17-18H2,(H2,37,38,42)/t23-/m0/s1. The largest absolute Gasteiger partial charge is 0.489 e. The second kappa shape index (κ2) is 14.1. The summed E-state index contributed by atoms with van der Waals surface area (Å²) in [5.41, 5.74) is 0.843. The lowest BCUT2D eigenvalue weighted by atomic mass is 10.0. The predicted molar refractivity (Wildman–Crippen MR) is 180 cm³/mol. The van der Waals surface area contributed by atoms with Crippen LogP contribution in [0.1, 0.15) is 18.4 Å². The number of hydrogen-bond acceptors (Lipinski definition) is 11. The molecule has 0 radical (unpaired) electrons. The number of imidazole rings is 1. The van der Waals surface area contributed by atoms with Crippen molar-refractivity contribution in [3.63, 3.8) is 0 Å². The van der Waals surface area contributed by atoms with E-state index in [2.05, 4.69) is 29.9 Å². The van der Waals surface area contributed by atoms with E-state index in [9.17, 15) is 39.9 Å². The molecule has 1 fully saturated rings. The number of aromatic nitrogens is 3. The Labute approximate surface area is 288 Å². The first-order valence-electron chi connectivity index (χ1n) is 15.2. The SMILES string of the molecule is O=c1[nH]c2cccc(OC[C@@H](O)CNC3CCN(c4ccc(NS(=O)(=O)c5ccc(S(=O)(=O)c6ccc(C(F)(F)F)cn6)s5)cc4)CC3)c2[nH]1. The monoisotopic (exact) mass is 752 g/mol. The Balaban J connectivity index is 0.979. The number of aliphatic hydroxyl groups is 1. The average molecular weight is 753 g/mol. The number of nitrogens with zero attached hydrogens (tertiary/aromatic N) is 2. The van der Waals surface area contributed by atoms with Crippen molar-refractivity contribution in [3.05, 3.63) is 89.0 Å². The van der Waals surface area contributed by atoms with E-state index in [-0.39, 0.29) is 32.4 Å². The number of anilines is 2. The molecule has 0 unspecified atom stereocenters. The van der Waals surface area contributed by atoms with Gasteiger partial charge in [-0.05, 0) is 73.5 Å². The van der Waals surface area contributed by atoms with Crippen molar-refractivity contribution in [2.45, 2.75) is 44.6 Å². The highest BCUT2D eigenvalue weighted by molar-refractivity contribution is 7.96. The Morgan fingerprint density at radius 1 is 0.980 bits per heavy atom. The van der Waals surface area contributed by atoms with Gasteiger partial charge in [0.1, 0.15) is 32.4 Å². The highest BCUT2D eigenvalue weighted by Gasteiger charge is 2.32. The summed E-state index contributed by atoms with van der Waals surface area (Å²) in [6.45, 7) is 1.81. The smallest absolute Gasteiger partial charge is 0.417 e. The highest BCUT2D eigenvalue weighted by Crippen LogP contribution is 2.33. The van der Waals surface area contributed by atoms with E-state index in [4.69, 9.17) is 4.74 Å². The quantitative estimate of drug-likeness (QED) is 0.125. The Morgan fingerprint density at radius 3 is 2.38 bits per heavy atom. The molecule has 5 N–H and O–H groups in total. The van der Waals surface area contributed by atoms with E-state index in [0.717, 1.165) is 49.8 Å². The van der Waals surface area contributed by atoms with E-state index in [1.54, 1.807) is 42.5 Å². The van der Waals surface area contributed by atoms with Gasteiger partial charge >= 0.3 is 11.9 Å². The number of ether oxygens (including phenoxy) is 1. The van der Waals surface area contributed by atoms with Gasteiger partial charge in [-0.25, -0.2) is 26.6 Å². The Bertz CT molecular complexity index is 2230. The number of fused-ring (bicyclic) bond motifs is 1. The molecule has 3 aromatic heterocycles. The third kappa shape index (κ3) is 7.96. The van der Waals surface area contributed by atoms with Gasteiger partial charge in [-0.15, -0.1) is 11.3 Å². The lowest BCUT2D eigenvalue weighted by Crippen LogP contribution is -2.45. The van der Waals surface area contributed by atoms with Gasteiger partial charge in [0.25, 0.3) is 10.0 Å². The summed E-state index contributed by atoms with van der Waals surface area (Å²) < 4.78 is 97.9. The van der Waals surface area contributed by atoms with Crippen LogP contribution >= 0.6 is 11.3 Å². The van der Waals surface area contributed by atoms with Crippen LogP contribution in [0.2, 0.25) is 0 Å². The summed E-state index contributed by atoms with van der Waals surface area (Å²) in [5, 5.41) is 13.2. The number of piperidine rings is 1. The third-order valence-electron chi connectivity index (χ3n) is 7.99. The molecule has 266 valence electrons. The zero-order valence-corrected chi connectivity index (χ0v) is 28.4. The molecule has 13 nitrogen and oxygen atoms in total. The minimum Gasteiger partial charge on any atom is -0.489 e. The van der Waals surface area contributed by atoms with Crippen molar-refractivity contribution in [2.75, 3.05) is 35.9 Å². The number of rotatable bonds is 12. The lowest BCUT2D eigenvalue weighted by Gasteiger charge is -2.34. The summed E-state index contributed by atoms with van der Waals surface area (Å²) in [5.74, 6) is 0.468. The van der Waals surface area contributed by atoms with Crippen molar-refractivity contribution in [2.24, 2.45) is 0 Å². The van der Waals surface area contributed by atoms with Gasteiger partial charge in [-0.2, -0.15) is 13.2 Å². The van der Waals surface area contributed by atoms with Crippen LogP contribution in [0, 0.1) is 0 Å². The molecule has 50 heavy (non-hydrogen) atoms. The minimum absolute atomic E-state index is 0.0429. The molecular formula is C31H31F3N6O7S3. The third-order valence-corrected chi connectivity index (χ3v) is 13.1. The van der Waals surface area contributed by atoms with Crippen LogP contribution < -0.4 is 25.4 Å². The van der Waals surface area contributed by atoms with Gasteiger partial charge < -0.3 is 30.0 Å². The van der Waals surface area contributed by atoms with Crippen molar-refractivity contribution < 1.29 is 39.9 Å². The first-order valence-corrected chi connectivity index (χ1v) is 19.0. The number of H-pyrrole nitrogens is 2. The lowest BCUT2D eigenvalue weighted by molar-refractivity contribution is -0.137. The molecule has 1 atom stereocenters. The number of aromatic amines is 2. The van der Waals surface area contributed by atoms with Crippen LogP contribution in [0.25, 0.3) is 11.0 Å². The van der Waals surface area contributed by atoms with E-state index in [1.807, 2.05) is 0 Å². The first-order chi connectivity index (χ1) is 23.7. The van der Waals surface area contributed by atoms with Crippen LogP contribution in [-0.4, -0.2) is 75.3 Å². The second-order valence-corrected chi connectivity index (χ2v) is 16.6. The molecule has 1 saturated heterocycles. The molecular weight excluding hydrogens is 722 g/mol. The van der Waals surface area contributed by atoms with Crippen LogP contribution in [0.15, 0.2) is 91.2 Å². The first kappa shape index (κ1) is 35.4. The van der Waals surface area contributed by atoms with Gasteiger partial charge in [0.05, 0.1) is 11.1 Å². The Kier molecular flexibility index (Phi) is 9.95. The minimum atomic E-state index is -4.69. The molecule has 0 spiro atoms. The maximum atomic E-state index is 13.0. The zero-order chi connectivity index (χ0) is 35.7. The number of nitrogens with one attached hydrogen (secondary N) is 4. The number of hydrogen-bond donors (Lipinski definition) is 5. The average Bonchev–Trinajstić information content (AvgIpc) is 3.75. The number of alkyl halides is 3. The molecule has 0 bridgehead atoms. The number of benzene rings is 2. The zero-order valence-electron chi connectivity index (χ0n) is 26.0. The molecule has 0 amide bonds. The summed E-state index contributed by atoms with van der Waals surface area (Å²) in [6, 6.07) is 15.6. The fourth-order valence-electron chi connectivity index (χ4n) is 5.39. The highest BCUT2D eigenvalue weighted by atomic mass is 32.3. The van der Waals surface area contributed by atoms with E-state index < -0.39 is 42.7 Å². The van der Waals surface area contributed by atoms with Crippen LogP contribution in [-0.2, 0) is 26.0 Å². The predicted octanol–water partition coefficient (Wildman–Crippen LogP) is 3.96. The van der Waals surface area contributed by atoms with Crippen LogP contribution in [0.4, 0.5) is 24.5 Å². The maximum absolute atomic E-state index is 13.0. The summed E-state index contributed by atoms with van der Waals surface area (Å²) in [4.78, 5) is 22.5. The number of thiophene rings is 1. The Morgan fingerprint density at radius 2 is 1.70 bits per heavy atom. The number of para-hydroxylation sites is 1. The molecule has 4 heterocycles. The van der Waals surface area contributed by atoms with Crippen molar-refractivity contribution in [1.29, 1.82) is 0 Å². The van der Waals surface area contributed by atoms with Gasteiger partial charge in [0.15, 0.2) is 5.03 Å². The summed E-state index contributed by atoms with van der Waals surface area (Å²) in [6.07, 6.45) is -3.44. The second-order valence-electron chi connectivity index (χ2n) is 11.5. The fourth-order valence-corrected chi connectivity index (χ4v) is 9.50. The van der Waals surface area contributed by atoms with Gasteiger partial charge in [-0.1, -0.05) is 6.07 Å². The van der Waals surface area contributed by atoms with Gasteiger partial charge in [-0.3, -0.25) is 4.72 Å². The molecule has 1 aliphatic heterocycles. The topological polar surface area (TPSA) is 187 Å². The van der Waals surface area contributed by atoms with Crippen LogP contribution in [0.5, 0.6) is 5.75 Å². The fraction of sp³-hybridized carbons (Fsp3) is 0.290. The van der Waals surface area contributed by atoms with E-state index in [0.29, 0.717) is 46.9 Å². The molecule has 6 rings (SSSR count). The number of sulfone groups is 1. The maximum Gasteiger partial charge on any atom is 0.417 e. The Hall–Kier alpha value is -4.43. The van der Waals surface area contributed by atoms with Gasteiger partial charge in [0.2, 0.25) is 9.84 Å². The molecule has 1 aliphatic rings. The van der Waals surface area contributed by atoms with Gasteiger partial charge in [0, 0.05) is 43.2 Å². The number of pyridine rings is 1. The number of halogens is 3. The number of aliphatic hydroxyl groups excluding tert-OH is 1. The van der Waals surface area contributed by atoms with E-state index in [1.165, 1.54) is 0 Å². The van der Waals surface area contributed by atoms with Crippen molar-refractivity contribution in [3.8, 4) is 5.75 Å². The molecule has 2 aromatic carbocycles. The molecule has 0 saturated carbocycles. The normalized spacial score (nSPS) is 15.3. The summed E-state index contributed by atoms with van der Waals surface area (Å²) in [7, 11) is -8.53. The summed E-state index contributed by atoms with van der Waals surface area (Å²) >= 11 is 0.455. The molecule has 19 heteroatoms. The van der Waals surface area contributed by atoms with Crippen molar-refractivity contribution >= 4 is 53.6 Å². The van der Waals surface area contributed by atoms with Crippen LogP contribution in [0.3, 0.4) is 0 Å². The van der Waals surface area contributed by atoms with E-state index >= 15 is 0 Å². The molecule has 0 aliphatic carbocycles. The number of sulfonamides is 1.